The second-order valence-electron chi connectivity index (χ2n) is 4.02. The van der Waals surface area contributed by atoms with Gasteiger partial charge in [0.25, 0.3) is 0 Å². The Morgan fingerprint density at radius 3 is 3.06 bits per heavy atom. The van der Waals surface area contributed by atoms with E-state index in [4.69, 9.17) is 16.3 Å². The summed E-state index contributed by atoms with van der Waals surface area (Å²) in [6, 6.07) is 3.71. The van der Waals surface area contributed by atoms with E-state index < -0.39 is 0 Å². The third-order valence-electron chi connectivity index (χ3n) is 2.96. The van der Waals surface area contributed by atoms with Crippen molar-refractivity contribution >= 4 is 45.1 Å². The number of nitrogens with one attached hydrogen (secondary N) is 1. The molecule has 0 spiro atoms. The van der Waals surface area contributed by atoms with Crippen LogP contribution in [0.1, 0.15) is 11.3 Å². The Hall–Kier alpha value is -0.590. The Labute approximate surface area is 116 Å². The Morgan fingerprint density at radius 1 is 1.41 bits per heavy atom. The molecule has 0 unspecified atom stereocenters. The van der Waals surface area contributed by atoms with Gasteiger partial charge in [0.15, 0.2) is 5.43 Å². The molecule has 1 aromatic heterocycles. The molecule has 5 heteroatoms. The predicted octanol–water partition coefficient (Wildman–Crippen LogP) is 2.86. The molecule has 0 saturated heterocycles. The van der Waals surface area contributed by atoms with Gasteiger partial charge in [0, 0.05) is 26.6 Å². The highest BCUT2D eigenvalue weighted by atomic mass is 127. The van der Waals surface area contributed by atoms with Crippen LogP contribution in [0, 0.1) is 3.57 Å². The van der Waals surface area contributed by atoms with Crippen LogP contribution in [0.4, 0.5) is 0 Å². The molecule has 1 aliphatic heterocycles. The van der Waals surface area contributed by atoms with Crippen LogP contribution >= 0.6 is 34.2 Å². The van der Waals surface area contributed by atoms with Crippen molar-refractivity contribution in [2.75, 3.05) is 6.61 Å². The molecule has 0 aliphatic carbocycles. The first-order valence-electron chi connectivity index (χ1n) is 5.27. The minimum atomic E-state index is 0.0360. The van der Waals surface area contributed by atoms with Crippen molar-refractivity contribution in [1.29, 1.82) is 0 Å². The number of hydrogen-bond acceptors (Lipinski definition) is 2. The maximum absolute atomic E-state index is 12.3. The van der Waals surface area contributed by atoms with Crippen LogP contribution in [0.2, 0.25) is 5.02 Å². The first kappa shape index (κ1) is 11.5. The van der Waals surface area contributed by atoms with Crippen LogP contribution in [0.15, 0.2) is 16.9 Å². The summed E-state index contributed by atoms with van der Waals surface area (Å²) in [6.07, 6.45) is 0.739. The minimum Gasteiger partial charge on any atom is -0.376 e. The van der Waals surface area contributed by atoms with E-state index in [1.54, 1.807) is 0 Å². The lowest BCUT2D eigenvalue weighted by molar-refractivity contribution is 0.109. The molecule has 0 amide bonds. The number of benzene rings is 1. The van der Waals surface area contributed by atoms with E-state index in [2.05, 4.69) is 27.6 Å². The van der Waals surface area contributed by atoms with Crippen LogP contribution in [0.3, 0.4) is 0 Å². The summed E-state index contributed by atoms with van der Waals surface area (Å²) in [5, 5.41) is 1.24. The number of aromatic amines is 1. The number of pyridine rings is 1. The topological polar surface area (TPSA) is 42.1 Å². The van der Waals surface area contributed by atoms with E-state index in [0.717, 1.165) is 26.8 Å². The lowest BCUT2D eigenvalue weighted by Crippen LogP contribution is -2.21. The minimum absolute atomic E-state index is 0.0360. The molecule has 3 rings (SSSR count). The van der Waals surface area contributed by atoms with Gasteiger partial charge in [0.1, 0.15) is 0 Å². The lowest BCUT2D eigenvalue weighted by Gasteiger charge is -2.17. The first-order chi connectivity index (χ1) is 8.16. The molecule has 2 aromatic rings. The molecule has 88 valence electrons. The standard InChI is InChI=1S/C12H9ClINO2/c13-9-4-6(14)3-7-11(9)15-10-1-2-17-5-8(10)12(7)16/h3-4H,1-2,5H2,(H,15,16). The van der Waals surface area contributed by atoms with E-state index in [1.165, 1.54) is 0 Å². The average Bonchev–Trinajstić information content (AvgIpc) is 2.31. The van der Waals surface area contributed by atoms with Gasteiger partial charge in [-0.2, -0.15) is 0 Å². The Kier molecular flexibility index (Phi) is 2.88. The molecule has 0 atom stereocenters. The summed E-state index contributed by atoms with van der Waals surface area (Å²) in [5.41, 5.74) is 2.46. The van der Waals surface area contributed by atoms with Gasteiger partial charge in [-0.3, -0.25) is 4.79 Å². The summed E-state index contributed by atoms with van der Waals surface area (Å²) >= 11 is 8.33. The van der Waals surface area contributed by atoms with E-state index in [9.17, 15) is 4.79 Å². The zero-order valence-corrected chi connectivity index (χ0v) is 11.8. The average molecular weight is 362 g/mol. The van der Waals surface area contributed by atoms with Gasteiger partial charge < -0.3 is 9.72 Å². The highest BCUT2D eigenvalue weighted by molar-refractivity contribution is 14.1. The fraction of sp³-hybridized carbons (Fsp3) is 0.250. The van der Waals surface area contributed by atoms with Crippen LogP contribution in [0.25, 0.3) is 10.9 Å². The summed E-state index contributed by atoms with van der Waals surface area (Å²) in [6.45, 7) is 1.04. The maximum Gasteiger partial charge on any atom is 0.195 e. The SMILES string of the molecule is O=c1c2c([nH]c3c(Cl)cc(I)cc13)CCOC2. The van der Waals surface area contributed by atoms with E-state index in [-0.39, 0.29) is 5.43 Å². The maximum atomic E-state index is 12.3. The van der Waals surface area contributed by atoms with Crippen molar-refractivity contribution < 1.29 is 4.74 Å². The van der Waals surface area contributed by atoms with Crippen molar-refractivity contribution in [2.45, 2.75) is 13.0 Å². The fourth-order valence-electron chi connectivity index (χ4n) is 2.12. The highest BCUT2D eigenvalue weighted by Gasteiger charge is 2.17. The van der Waals surface area contributed by atoms with Gasteiger partial charge in [-0.05, 0) is 34.7 Å². The number of halogens is 2. The third kappa shape index (κ3) is 1.88. The van der Waals surface area contributed by atoms with E-state index >= 15 is 0 Å². The molecular formula is C12H9ClINO2. The van der Waals surface area contributed by atoms with Crippen LogP contribution in [-0.2, 0) is 17.8 Å². The van der Waals surface area contributed by atoms with Gasteiger partial charge in [-0.15, -0.1) is 0 Å². The smallest absolute Gasteiger partial charge is 0.195 e. The van der Waals surface area contributed by atoms with Crippen molar-refractivity contribution in [1.82, 2.24) is 4.98 Å². The molecule has 17 heavy (non-hydrogen) atoms. The predicted molar refractivity (Wildman–Crippen MR) is 75.7 cm³/mol. The van der Waals surface area contributed by atoms with Crippen molar-refractivity contribution in [2.24, 2.45) is 0 Å². The highest BCUT2D eigenvalue weighted by Crippen LogP contribution is 2.25. The van der Waals surface area contributed by atoms with E-state index in [1.807, 2.05) is 12.1 Å². The van der Waals surface area contributed by atoms with Gasteiger partial charge in [0.2, 0.25) is 0 Å². The van der Waals surface area contributed by atoms with Crippen molar-refractivity contribution in [3.63, 3.8) is 0 Å². The summed E-state index contributed by atoms with van der Waals surface area (Å²) in [7, 11) is 0. The van der Waals surface area contributed by atoms with Crippen LogP contribution in [-0.4, -0.2) is 11.6 Å². The number of hydrogen-bond donors (Lipinski definition) is 1. The lowest BCUT2D eigenvalue weighted by atomic mass is 10.1. The molecule has 0 radical (unpaired) electrons. The number of aromatic nitrogens is 1. The first-order valence-corrected chi connectivity index (χ1v) is 6.73. The molecule has 1 aliphatic rings. The molecule has 0 fully saturated rings. The zero-order chi connectivity index (χ0) is 12.0. The van der Waals surface area contributed by atoms with Crippen molar-refractivity contribution in [3.05, 3.63) is 42.2 Å². The quantitative estimate of drug-likeness (QED) is 0.733. The van der Waals surface area contributed by atoms with Crippen LogP contribution < -0.4 is 5.43 Å². The second-order valence-corrected chi connectivity index (χ2v) is 5.68. The number of rotatable bonds is 0. The van der Waals surface area contributed by atoms with Crippen LogP contribution in [0.5, 0.6) is 0 Å². The van der Waals surface area contributed by atoms with E-state index in [0.29, 0.717) is 23.6 Å². The summed E-state index contributed by atoms with van der Waals surface area (Å²) < 4.78 is 6.29. The summed E-state index contributed by atoms with van der Waals surface area (Å²) in [5.74, 6) is 0. The molecule has 0 bridgehead atoms. The van der Waals surface area contributed by atoms with Gasteiger partial charge >= 0.3 is 0 Å². The Balaban J connectivity index is 2.44. The molecule has 3 nitrogen and oxygen atoms in total. The molecule has 2 heterocycles. The largest absolute Gasteiger partial charge is 0.376 e. The summed E-state index contributed by atoms with van der Waals surface area (Å²) in [4.78, 5) is 15.6. The second kappa shape index (κ2) is 4.26. The molecule has 0 saturated carbocycles. The number of H-pyrrole nitrogens is 1. The normalized spacial score (nSPS) is 14.9. The third-order valence-corrected chi connectivity index (χ3v) is 3.88. The number of fused-ring (bicyclic) bond motifs is 2. The monoisotopic (exact) mass is 361 g/mol. The Bertz CT molecular complexity index is 666. The van der Waals surface area contributed by atoms with Gasteiger partial charge in [-0.1, -0.05) is 11.6 Å². The molecular weight excluding hydrogens is 352 g/mol. The molecule has 1 N–H and O–H groups in total. The molecule has 1 aromatic carbocycles. The zero-order valence-electron chi connectivity index (χ0n) is 8.85. The Morgan fingerprint density at radius 2 is 2.24 bits per heavy atom. The van der Waals surface area contributed by atoms with Gasteiger partial charge in [0.05, 0.1) is 23.8 Å². The fourth-order valence-corrected chi connectivity index (χ4v) is 3.19. The van der Waals surface area contributed by atoms with Gasteiger partial charge in [-0.25, -0.2) is 0 Å². The van der Waals surface area contributed by atoms with Crippen molar-refractivity contribution in [3.8, 4) is 0 Å². The number of ether oxygens (including phenoxy) is 1.